The van der Waals surface area contributed by atoms with E-state index in [0.717, 1.165) is 30.1 Å². The molecule has 0 amide bonds. The molecule has 2 bridgehead atoms. The summed E-state index contributed by atoms with van der Waals surface area (Å²) in [6.45, 7) is 4.50. The first kappa shape index (κ1) is 12.7. The van der Waals surface area contributed by atoms with Crippen LogP contribution >= 0.6 is 0 Å². The molecule has 0 aliphatic heterocycles. The molecule has 0 saturated heterocycles. The van der Waals surface area contributed by atoms with Gasteiger partial charge in [-0.3, -0.25) is 4.79 Å². The number of fused-ring (bicyclic) bond motifs is 5. The van der Waals surface area contributed by atoms with Crippen LogP contribution in [0, 0.1) is 35.5 Å². The summed E-state index contributed by atoms with van der Waals surface area (Å²) in [5, 5.41) is 0. The molecule has 0 spiro atoms. The molecule has 18 heavy (non-hydrogen) atoms. The molecule has 5 unspecified atom stereocenters. The van der Waals surface area contributed by atoms with Crippen molar-refractivity contribution < 1.29 is 4.79 Å². The van der Waals surface area contributed by atoms with Gasteiger partial charge in [0.05, 0.1) is 0 Å². The third-order valence-electron chi connectivity index (χ3n) is 6.14. The van der Waals surface area contributed by atoms with Crippen LogP contribution in [0.3, 0.4) is 0 Å². The minimum absolute atomic E-state index is 0.520. The molecule has 3 fully saturated rings. The Balaban J connectivity index is 1.51. The first-order chi connectivity index (χ1) is 8.76. The third-order valence-corrected chi connectivity index (χ3v) is 6.14. The smallest absolute Gasteiger partial charge is 0.136 e. The maximum Gasteiger partial charge on any atom is 0.136 e. The zero-order valence-electron chi connectivity index (χ0n) is 12.0. The maximum atomic E-state index is 12.5. The summed E-state index contributed by atoms with van der Waals surface area (Å²) in [6.07, 6.45) is 10.3. The summed E-state index contributed by atoms with van der Waals surface area (Å²) in [5.74, 6) is 5.43. The van der Waals surface area contributed by atoms with Crippen molar-refractivity contribution in [3.05, 3.63) is 0 Å². The van der Waals surface area contributed by atoms with Gasteiger partial charge in [0.25, 0.3) is 0 Å². The summed E-state index contributed by atoms with van der Waals surface area (Å²) in [4.78, 5) is 12.5. The van der Waals surface area contributed by atoms with Crippen LogP contribution in [0.5, 0.6) is 0 Å². The van der Waals surface area contributed by atoms with Crippen molar-refractivity contribution in [2.75, 3.05) is 0 Å². The maximum absolute atomic E-state index is 12.5. The van der Waals surface area contributed by atoms with Gasteiger partial charge in [-0.2, -0.15) is 0 Å². The summed E-state index contributed by atoms with van der Waals surface area (Å²) in [7, 11) is 0. The molecule has 3 aliphatic carbocycles. The van der Waals surface area contributed by atoms with E-state index in [1.807, 2.05) is 0 Å². The predicted molar refractivity (Wildman–Crippen MR) is 74.2 cm³/mol. The number of Topliss-reactive ketones (excluding diaryl/α,β-unsaturated/α-hetero) is 1. The zero-order chi connectivity index (χ0) is 12.7. The van der Waals surface area contributed by atoms with Crippen LogP contribution in [-0.4, -0.2) is 5.78 Å². The number of hydrogen-bond acceptors (Lipinski definition) is 1. The van der Waals surface area contributed by atoms with Gasteiger partial charge in [-0.1, -0.05) is 39.5 Å². The summed E-state index contributed by atoms with van der Waals surface area (Å²) in [6, 6.07) is 0. The van der Waals surface area contributed by atoms with Crippen molar-refractivity contribution in [1.82, 2.24) is 0 Å². The van der Waals surface area contributed by atoms with Gasteiger partial charge in [-0.05, 0) is 48.9 Å². The Bertz CT molecular complexity index is 306. The van der Waals surface area contributed by atoms with Crippen LogP contribution in [-0.2, 0) is 4.79 Å². The standard InChI is InChI=1S/C17H28O/c1-3-5-6-11(4-2)9-14(18)17-15-12-7-8-13(10-12)16(15)17/h11-13,15-17H,3-10H2,1-2H3. The molecule has 0 aromatic carbocycles. The van der Waals surface area contributed by atoms with Crippen molar-refractivity contribution in [3.63, 3.8) is 0 Å². The van der Waals surface area contributed by atoms with E-state index in [4.69, 9.17) is 0 Å². The molecule has 5 atom stereocenters. The van der Waals surface area contributed by atoms with Gasteiger partial charge in [0.1, 0.15) is 5.78 Å². The Morgan fingerprint density at radius 2 is 1.83 bits per heavy atom. The van der Waals surface area contributed by atoms with E-state index in [2.05, 4.69) is 13.8 Å². The van der Waals surface area contributed by atoms with Crippen LogP contribution < -0.4 is 0 Å². The van der Waals surface area contributed by atoms with Crippen molar-refractivity contribution in [1.29, 1.82) is 0 Å². The topological polar surface area (TPSA) is 17.1 Å². The highest BCUT2D eigenvalue weighted by atomic mass is 16.1. The fraction of sp³-hybridized carbons (Fsp3) is 0.941. The fourth-order valence-corrected chi connectivity index (χ4v) is 5.12. The summed E-state index contributed by atoms with van der Waals surface area (Å²) < 4.78 is 0. The average Bonchev–Trinajstić information content (AvgIpc) is 2.83. The highest BCUT2D eigenvalue weighted by molar-refractivity contribution is 5.85. The fourth-order valence-electron chi connectivity index (χ4n) is 5.12. The van der Waals surface area contributed by atoms with Crippen molar-refractivity contribution in [2.24, 2.45) is 35.5 Å². The third kappa shape index (κ3) is 2.04. The first-order valence-corrected chi connectivity index (χ1v) is 8.28. The van der Waals surface area contributed by atoms with Crippen LogP contribution in [0.1, 0.15) is 65.2 Å². The van der Waals surface area contributed by atoms with Gasteiger partial charge in [0.15, 0.2) is 0 Å². The number of ketones is 1. The minimum Gasteiger partial charge on any atom is -0.299 e. The molecule has 102 valence electrons. The van der Waals surface area contributed by atoms with E-state index in [9.17, 15) is 4.79 Å². The Labute approximate surface area is 112 Å². The van der Waals surface area contributed by atoms with Crippen LogP contribution in [0.4, 0.5) is 0 Å². The van der Waals surface area contributed by atoms with E-state index >= 15 is 0 Å². The zero-order valence-corrected chi connectivity index (χ0v) is 12.0. The highest BCUT2D eigenvalue weighted by Crippen LogP contribution is 2.69. The van der Waals surface area contributed by atoms with Crippen LogP contribution in [0.15, 0.2) is 0 Å². The average molecular weight is 248 g/mol. The largest absolute Gasteiger partial charge is 0.299 e. The quantitative estimate of drug-likeness (QED) is 0.650. The normalized spacial score (nSPS) is 41.8. The second-order valence-corrected chi connectivity index (χ2v) is 7.10. The molecular formula is C17H28O. The highest BCUT2D eigenvalue weighted by Gasteiger charge is 2.66. The van der Waals surface area contributed by atoms with Gasteiger partial charge in [0.2, 0.25) is 0 Å². The van der Waals surface area contributed by atoms with Crippen LogP contribution in [0.25, 0.3) is 0 Å². The summed E-state index contributed by atoms with van der Waals surface area (Å²) in [5.41, 5.74) is 0. The molecule has 0 heterocycles. The lowest BCUT2D eigenvalue weighted by atomic mass is 9.90. The van der Waals surface area contributed by atoms with E-state index in [1.165, 1.54) is 44.9 Å². The molecule has 0 radical (unpaired) electrons. The molecule has 1 nitrogen and oxygen atoms in total. The Morgan fingerprint density at radius 1 is 1.17 bits per heavy atom. The van der Waals surface area contributed by atoms with Crippen molar-refractivity contribution >= 4 is 5.78 Å². The molecule has 1 heteroatoms. The van der Waals surface area contributed by atoms with E-state index in [0.29, 0.717) is 17.6 Å². The summed E-state index contributed by atoms with van der Waals surface area (Å²) >= 11 is 0. The number of hydrogen-bond donors (Lipinski definition) is 0. The number of unbranched alkanes of at least 4 members (excludes halogenated alkanes) is 1. The van der Waals surface area contributed by atoms with Gasteiger partial charge < -0.3 is 0 Å². The number of carbonyl (C=O) groups excluding carboxylic acids is 1. The lowest BCUT2D eigenvalue weighted by Crippen LogP contribution is -2.14. The lowest BCUT2D eigenvalue weighted by Gasteiger charge is -2.15. The molecule has 0 aromatic heterocycles. The predicted octanol–water partition coefficient (Wildman–Crippen LogP) is 4.45. The van der Waals surface area contributed by atoms with E-state index in [1.54, 1.807) is 0 Å². The molecule has 3 saturated carbocycles. The second-order valence-electron chi connectivity index (χ2n) is 7.10. The number of carbonyl (C=O) groups is 1. The lowest BCUT2D eigenvalue weighted by molar-refractivity contribution is -0.122. The van der Waals surface area contributed by atoms with E-state index < -0.39 is 0 Å². The van der Waals surface area contributed by atoms with Gasteiger partial charge in [-0.15, -0.1) is 0 Å². The van der Waals surface area contributed by atoms with Gasteiger partial charge >= 0.3 is 0 Å². The Morgan fingerprint density at radius 3 is 2.39 bits per heavy atom. The molecular weight excluding hydrogens is 220 g/mol. The Kier molecular flexibility index (Phi) is 3.51. The second kappa shape index (κ2) is 4.98. The first-order valence-electron chi connectivity index (χ1n) is 8.28. The monoisotopic (exact) mass is 248 g/mol. The van der Waals surface area contributed by atoms with E-state index in [-0.39, 0.29) is 0 Å². The van der Waals surface area contributed by atoms with Crippen molar-refractivity contribution in [2.45, 2.75) is 65.2 Å². The van der Waals surface area contributed by atoms with Crippen LogP contribution in [0.2, 0.25) is 0 Å². The Hall–Kier alpha value is -0.330. The molecule has 0 N–H and O–H groups in total. The molecule has 0 aromatic rings. The van der Waals surface area contributed by atoms with Gasteiger partial charge in [0, 0.05) is 12.3 Å². The molecule has 3 rings (SSSR count). The molecule has 3 aliphatic rings. The van der Waals surface area contributed by atoms with Crippen molar-refractivity contribution in [3.8, 4) is 0 Å². The SMILES string of the molecule is CCCCC(CC)CC(=O)C1C2C3CCC(C3)C12. The van der Waals surface area contributed by atoms with Gasteiger partial charge in [-0.25, -0.2) is 0 Å². The number of rotatable bonds is 7. The minimum atomic E-state index is 0.520.